The molecule has 3 heterocycles. The summed E-state index contributed by atoms with van der Waals surface area (Å²) in [6.45, 7) is 0. The summed E-state index contributed by atoms with van der Waals surface area (Å²) in [5, 5.41) is 3.99. The molecule has 4 aromatic rings. The average molecular weight is 271 g/mol. The van der Waals surface area contributed by atoms with Gasteiger partial charge in [0, 0.05) is 0 Å². The van der Waals surface area contributed by atoms with Crippen LogP contribution in [0, 0.1) is 0 Å². The molecule has 1 N–H and O–H groups in total. The number of H-pyrrole nitrogens is 1. The van der Waals surface area contributed by atoms with E-state index in [2.05, 4.69) is 33.1 Å². The van der Waals surface area contributed by atoms with Gasteiger partial charge in [0.1, 0.15) is 0 Å². The topological polar surface area (TPSA) is 28.7 Å². The van der Waals surface area contributed by atoms with Gasteiger partial charge < -0.3 is 0 Å². The van der Waals surface area contributed by atoms with Crippen molar-refractivity contribution in [2.45, 2.75) is 0 Å². The van der Waals surface area contributed by atoms with Gasteiger partial charge in [0.15, 0.2) is 0 Å². The molecular formula is C13H8N2Se. The first-order valence-electron chi connectivity index (χ1n) is 5.15. The Kier molecular flexibility index (Phi) is 1.59. The van der Waals surface area contributed by atoms with E-state index in [0.29, 0.717) is 14.5 Å². The molecule has 0 fully saturated rings. The van der Waals surface area contributed by atoms with Gasteiger partial charge in [-0.15, -0.1) is 0 Å². The Hall–Kier alpha value is -1.57. The summed E-state index contributed by atoms with van der Waals surface area (Å²) in [5.74, 6) is 0. The molecule has 0 aliphatic carbocycles. The van der Waals surface area contributed by atoms with Crippen molar-refractivity contribution in [3.63, 3.8) is 0 Å². The molecule has 0 spiro atoms. The van der Waals surface area contributed by atoms with Gasteiger partial charge in [-0.25, -0.2) is 0 Å². The molecule has 0 bridgehead atoms. The zero-order valence-electron chi connectivity index (χ0n) is 8.40. The molecular weight excluding hydrogens is 263 g/mol. The van der Waals surface area contributed by atoms with Crippen LogP contribution in [0.4, 0.5) is 0 Å². The normalized spacial score (nSPS) is 11.8. The zero-order chi connectivity index (χ0) is 10.5. The van der Waals surface area contributed by atoms with Crippen LogP contribution in [0.5, 0.6) is 0 Å². The number of pyridine rings is 1. The Morgan fingerprint density at radius 1 is 1.06 bits per heavy atom. The predicted octanol–water partition coefficient (Wildman–Crippen LogP) is 2.93. The monoisotopic (exact) mass is 272 g/mol. The molecule has 0 amide bonds. The first-order valence-corrected chi connectivity index (χ1v) is 7.00. The van der Waals surface area contributed by atoms with Crippen molar-refractivity contribution in [1.82, 2.24) is 9.97 Å². The van der Waals surface area contributed by atoms with E-state index in [-0.39, 0.29) is 0 Å². The SMILES string of the molecule is c1cc2[nH]c3ccc4cc[se]c4c3c2cn1. The minimum absolute atomic E-state index is 0.472. The van der Waals surface area contributed by atoms with Crippen LogP contribution in [0.3, 0.4) is 0 Å². The molecule has 76 valence electrons. The molecule has 0 saturated heterocycles. The Bertz CT molecular complexity index is 810. The fraction of sp³-hybridized carbons (Fsp3) is 0. The fourth-order valence-corrected chi connectivity index (χ4v) is 4.27. The van der Waals surface area contributed by atoms with E-state index in [1.54, 1.807) is 0 Å². The van der Waals surface area contributed by atoms with Gasteiger partial charge in [0.2, 0.25) is 0 Å². The molecule has 0 atom stereocenters. The molecule has 1 aromatic carbocycles. The van der Waals surface area contributed by atoms with Crippen LogP contribution in [-0.4, -0.2) is 24.5 Å². The second-order valence-electron chi connectivity index (χ2n) is 3.87. The third kappa shape index (κ3) is 0.993. The Morgan fingerprint density at radius 3 is 3.06 bits per heavy atom. The van der Waals surface area contributed by atoms with Gasteiger partial charge in [0.05, 0.1) is 0 Å². The van der Waals surface area contributed by atoms with Crippen LogP contribution in [0.2, 0.25) is 0 Å². The van der Waals surface area contributed by atoms with Crippen LogP contribution in [0.15, 0.2) is 41.6 Å². The maximum atomic E-state index is 4.23. The number of aromatic amines is 1. The van der Waals surface area contributed by atoms with Gasteiger partial charge in [-0.2, -0.15) is 0 Å². The summed E-state index contributed by atoms with van der Waals surface area (Å²) in [6.07, 6.45) is 3.80. The molecule has 2 nitrogen and oxygen atoms in total. The second-order valence-corrected chi connectivity index (χ2v) is 5.80. The molecule has 0 aliphatic heterocycles. The number of nitrogens with zero attached hydrogens (tertiary/aromatic N) is 1. The van der Waals surface area contributed by atoms with Crippen molar-refractivity contribution in [1.29, 1.82) is 0 Å². The van der Waals surface area contributed by atoms with Crippen LogP contribution < -0.4 is 0 Å². The molecule has 16 heavy (non-hydrogen) atoms. The van der Waals surface area contributed by atoms with E-state index < -0.39 is 0 Å². The van der Waals surface area contributed by atoms with Crippen LogP contribution in [0.25, 0.3) is 31.5 Å². The molecule has 3 heteroatoms. The van der Waals surface area contributed by atoms with Crippen molar-refractivity contribution >= 4 is 46.0 Å². The number of hydrogen-bond acceptors (Lipinski definition) is 1. The zero-order valence-corrected chi connectivity index (χ0v) is 10.1. The van der Waals surface area contributed by atoms with E-state index in [1.165, 1.54) is 31.5 Å². The molecule has 0 saturated carbocycles. The van der Waals surface area contributed by atoms with Crippen LogP contribution >= 0.6 is 0 Å². The summed E-state index contributed by atoms with van der Waals surface area (Å²) in [7, 11) is 0. The number of rotatable bonds is 0. The summed E-state index contributed by atoms with van der Waals surface area (Å²) in [5.41, 5.74) is 2.41. The van der Waals surface area contributed by atoms with Crippen molar-refractivity contribution in [3.8, 4) is 0 Å². The number of aromatic nitrogens is 2. The second kappa shape index (κ2) is 2.97. The first-order chi connectivity index (χ1) is 7.93. The van der Waals surface area contributed by atoms with Gasteiger partial charge in [-0.3, -0.25) is 0 Å². The summed E-state index contributed by atoms with van der Waals surface area (Å²) in [6, 6.07) is 8.63. The first kappa shape index (κ1) is 8.57. The summed E-state index contributed by atoms with van der Waals surface area (Å²) < 4.78 is 1.49. The van der Waals surface area contributed by atoms with Crippen LogP contribution in [-0.2, 0) is 0 Å². The number of hydrogen-bond donors (Lipinski definition) is 1. The Morgan fingerprint density at radius 2 is 2.06 bits per heavy atom. The van der Waals surface area contributed by atoms with Gasteiger partial charge >= 0.3 is 97.5 Å². The molecule has 4 rings (SSSR count). The maximum absolute atomic E-state index is 4.23. The standard InChI is InChI=1S/C13H8N2Se/c1-2-11-12(13-8(1)4-6-16-13)9-7-14-5-3-10(9)15-11/h1-7,15H. The van der Waals surface area contributed by atoms with E-state index in [1.807, 2.05) is 18.5 Å². The van der Waals surface area contributed by atoms with Gasteiger partial charge in [0.25, 0.3) is 0 Å². The quantitative estimate of drug-likeness (QED) is 0.489. The molecule has 0 aliphatic rings. The van der Waals surface area contributed by atoms with E-state index >= 15 is 0 Å². The molecule has 3 aromatic heterocycles. The third-order valence-electron chi connectivity index (χ3n) is 2.98. The van der Waals surface area contributed by atoms with Crippen LogP contribution in [0.1, 0.15) is 0 Å². The average Bonchev–Trinajstić information content (AvgIpc) is 2.91. The summed E-state index contributed by atoms with van der Waals surface area (Å²) in [4.78, 5) is 9.96. The van der Waals surface area contributed by atoms with E-state index in [4.69, 9.17) is 0 Å². The Labute approximate surface area is 97.7 Å². The summed E-state index contributed by atoms with van der Waals surface area (Å²) >= 11 is 0.472. The van der Waals surface area contributed by atoms with E-state index in [0.717, 1.165) is 0 Å². The van der Waals surface area contributed by atoms with Crippen molar-refractivity contribution in [3.05, 3.63) is 41.6 Å². The van der Waals surface area contributed by atoms with Gasteiger partial charge in [-0.1, -0.05) is 0 Å². The minimum atomic E-state index is 0.472. The number of fused-ring (bicyclic) bond motifs is 5. The third-order valence-corrected chi connectivity index (χ3v) is 4.97. The fourth-order valence-electron chi connectivity index (χ4n) is 2.25. The van der Waals surface area contributed by atoms with Gasteiger partial charge in [-0.05, 0) is 0 Å². The number of nitrogens with one attached hydrogen (secondary N) is 1. The number of benzene rings is 1. The molecule has 0 unspecified atom stereocenters. The van der Waals surface area contributed by atoms with Crippen molar-refractivity contribution in [2.75, 3.05) is 0 Å². The molecule has 0 radical (unpaired) electrons. The van der Waals surface area contributed by atoms with Crippen molar-refractivity contribution in [2.24, 2.45) is 0 Å². The van der Waals surface area contributed by atoms with E-state index in [9.17, 15) is 0 Å². The predicted molar refractivity (Wildman–Crippen MR) is 68.0 cm³/mol. The van der Waals surface area contributed by atoms with Crippen molar-refractivity contribution < 1.29 is 0 Å². The Balaban J connectivity index is 2.42.